The molecule has 2 heterocycles. The molecule has 1 amide bonds. The minimum Gasteiger partial charge on any atom is -0.507 e. The topological polar surface area (TPSA) is 102 Å². The van der Waals surface area contributed by atoms with E-state index >= 15 is 0 Å². The molecule has 7 nitrogen and oxygen atoms in total. The summed E-state index contributed by atoms with van der Waals surface area (Å²) in [4.78, 5) is 22.5. The Balaban J connectivity index is 1.82. The van der Waals surface area contributed by atoms with E-state index in [1.54, 1.807) is 18.2 Å². The van der Waals surface area contributed by atoms with Gasteiger partial charge in [0.05, 0.1) is 17.6 Å². The zero-order chi connectivity index (χ0) is 19.0. The maximum absolute atomic E-state index is 11.1. The highest BCUT2D eigenvalue weighted by Gasteiger charge is 2.28. The third-order valence-electron chi connectivity index (χ3n) is 4.70. The van der Waals surface area contributed by atoms with Crippen LogP contribution in [-0.4, -0.2) is 40.4 Å². The van der Waals surface area contributed by atoms with Gasteiger partial charge in [0.2, 0.25) is 0 Å². The van der Waals surface area contributed by atoms with Gasteiger partial charge in [-0.05, 0) is 36.8 Å². The van der Waals surface area contributed by atoms with Gasteiger partial charge in [-0.2, -0.15) is 0 Å². The molecule has 0 spiro atoms. The number of aromatic hydroxyl groups is 1. The summed E-state index contributed by atoms with van der Waals surface area (Å²) < 4.78 is 5.14. The third-order valence-corrected chi connectivity index (χ3v) is 4.70. The molecular formula is C20H20N4O3. The summed E-state index contributed by atoms with van der Waals surface area (Å²) >= 11 is 0. The number of benzene rings is 2. The van der Waals surface area contributed by atoms with E-state index in [1.165, 1.54) is 0 Å². The van der Waals surface area contributed by atoms with Crippen LogP contribution in [0.2, 0.25) is 0 Å². The highest BCUT2D eigenvalue weighted by molar-refractivity contribution is 5.92. The van der Waals surface area contributed by atoms with Gasteiger partial charge in [-0.15, -0.1) is 0 Å². The highest BCUT2D eigenvalue weighted by atomic mass is 16.6. The van der Waals surface area contributed by atoms with Gasteiger partial charge >= 0.3 is 6.09 Å². The summed E-state index contributed by atoms with van der Waals surface area (Å²) in [5.41, 5.74) is 7.62. The van der Waals surface area contributed by atoms with Gasteiger partial charge in [0.25, 0.3) is 0 Å². The van der Waals surface area contributed by atoms with E-state index in [1.807, 2.05) is 31.2 Å². The predicted molar refractivity (Wildman–Crippen MR) is 103 cm³/mol. The number of primary amides is 1. The van der Waals surface area contributed by atoms with E-state index in [0.717, 1.165) is 22.3 Å². The van der Waals surface area contributed by atoms with Gasteiger partial charge in [-0.25, -0.2) is 14.8 Å². The molecule has 1 aliphatic heterocycles. The molecule has 27 heavy (non-hydrogen) atoms. The Bertz CT molecular complexity index is 1020. The molecule has 138 valence electrons. The van der Waals surface area contributed by atoms with Crippen LogP contribution in [0.15, 0.2) is 42.5 Å². The second-order valence-electron chi connectivity index (χ2n) is 6.70. The van der Waals surface area contributed by atoms with Crippen LogP contribution in [-0.2, 0) is 4.74 Å². The maximum atomic E-state index is 11.1. The van der Waals surface area contributed by atoms with Crippen molar-refractivity contribution in [1.29, 1.82) is 0 Å². The normalized spacial score (nSPS) is 16.6. The highest BCUT2D eigenvalue weighted by Crippen LogP contribution is 2.33. The Kier molecular flexibility index (Phi) is 4.27. The van der Waals surface area contributed by atoms with Gasteiger partial charge in [0.1, 0.15) is 17.7 Å². The summed E-state index contributed by atoms with van der Waals surface area (Å²) in [6.45, 7) is 3.22. The quantitative estimate of drug-likeness (QED) is 0.741. The minimum absolute atomic E-state index is 0.131. The third kappa shape index (κ3) is 3.36. The fourth-order valence-corrected chi connectivity index (χ4v) is 3.43. The van der Waals surface area contributed by atoms with E-state index in [4.69, 9.17) is 15.5 Å². The van der Waals surface area contributed by atoms with E-state index in [0.29, 0.717) is 30.9 Å². The van der Waals surface area contributed by atoms with Gasteiger partial charge in [-0.3, -0.25) is 0 Å². The van der Waals surface area contributed by atoms with Crippen LogP contribution in [0.3, 0.4) is 0 Å². The van der Waals surface area contributed by atoms with Crippen LogP contribution in [0, 0.1) is 6.92 Å². The van der Waals surface area contributed by atoms with Crippen molar-refractivity contribution in [3.05, 3.63) is 48.0 Å². The molecule has 0 saturated carbocycles. The van der Waals surface area contributed by atoms with Crippen LogP contribution in [0.1, 0.15) is 12.0 Å². The average molecular weight is 364 g/mol. The molecule has 2 aromatic carbocycles. The fourth-order valence-electron chi connectivity index (χ4n) is 3.43. The summed E-state index contributed by atoms with van der Waals surface area (Å²) in [7, 11) is 0. The Morgan fingerprint density at radius 3 is 2.85 bits per heavy atom. The first-order valence-electron chi connectivity index (χ1n) is 8.79. The fraction of sp³-hybridized carbons (Fsp3) is 0.250. The van der Waals surface area contributed by atoms with Crippen molar-refractivity contribution in [3.8, 4) is 17.1 Å². The molecule has 3 N–H and O–H groups in total. The first-order chi connectivity index (χ1) is 13.0. The van der Waals surface area contributed by atoms with Crippen LogP contribution in [0.25, 0.3) is 22.3 Å². The molecule has 3 aromatic rings. The number of aromatic nitrogens is 2. The summed E-state index contributed by atoms with van der Waals surface area (Å²) in [5.74, 6) is 1.35. The number of ether oxygens (including phenoxy) is 1. The number of hydrogen-bond donors (Lipinski definition) is 2. The van der Waals surface area contributed by atoms with Crippen molar-refractivity contribution in [1.82, 2.24) is 9.97 Å². The zero-order valence-electron chi connectivity index (χ0n) is 14.9. The summed E-state index contributed by atoms with van der Waals surface area (Å²) in [6, 6.07) is 13.0. The Hall–Kier alpha value is -3.35. The summed E-state index contributed by atoms with van der Waals surface area (Å²) in [5, 5.41) is 11.1. The van der Waals surface area contributed by atoms with Crippen molar-refractivity contribution in [2.24, 2.45) is 5.73 Å². The van der Waals surface area contributed by atoms with Crippen LogP contribution < -0.4 is 10.6 Å². The number of fused-ring (bicyclic) bond motifs is 1. The largest absolute Gasteiger partial charge is 0.507 e. The predicted octanol–water partition coefficient (Wildman–Crippen LogP) is 2.98. The van der Waals surface area contributed by atoms with Crippen LogP contribution in [0.5, 0.6) is 5.75 Å². The molecule has 0 radical (unpaired) electrons. The summed E-state index contributed by atoms with van der Waals surface area (Å²) in [6.07, 6.45) is -0.335. The molecule has 1 unspecified atom stereocenters. The van der Waals surface area contributed by atoms with Crippen molar-refractivity contribution in [3.63, 3.8) is 0 Å². The van der Waals surface area contributed by atoms with E-state index in [2.05, 4.69) is 9.88 Å². The lowest BCUT2D eigenvalue weighted by Crippen LogP contribution is -2.27. The number of nitrogens with zero attached hydrogens (tertiary/aromatic N) is 3. The molecular weight excluding hydrogens is 344 g/mol. The lowest BCUT2D eigenvalue weighted by Gasteiger charge is -2.20. The zero-order valence-corrected chi connectivity index (χ0v) is 14.9. The number of phenolic OH excluding ortho intramolecular Hbond substituents is 1. The lowest BCUT2D eigenvalue weighted by molar-refractivity contribution is 0.117. The number of carbonyl (C=O) groups excluding carboxylic acids is 1. The van der Waals surface area contributed by atoms with Crippen molar-refractivity contribution < 1.29 is 14.6 Å². The maximum Gasteiger partial charge on any atom is 0.404 e. The number of aryl methyl sites for hydroxylation is 1. The smallest absolute Gasteiger partial charge is 0.404 e. The monoisotopic (exact) mass is 364 g/mol. The molecule has 0 bridgehead atoms. The molecule has 7 heteroatoms. The average Bonchev–Trinajstić information content (AvgIpc) is 3.08. The van der Waals surface area contributed by atoms with Crippen LogP contribution >= 0.6 is 0 Å². The van der Waals surface area contributed by atoms with Crippen molar-refractivity contribution in [2.75, 3.05) is 18.0 Å². The molecule has 1 atom stereocenters. The van der Waals surface area contributed by atoms with Gasteiger partial charge in [-0.1, -0.05) is 18.2 Å². The molecule has 1 fully saturated rings. The standard InChI is InChI=1S/C20H20N4O3/c1-12-6-7-14-16(10-12)22-18(15-4-2-3-5-17(15)25)23-19(14)24-9-8-13(11-24)27-20(21)26/h2-7,10,13,25H,8-9,11H2,1H3,(H2,21,26). The van der Waals surface area contributed by atoms with Gasteiger partial charge in [0, 0.05) is 18.4 Å². The SMILES string of the molecule is Cc1ccc2c(N3CCC(OC(N)=O)C3)nc(-c3ccccc3O)nc2c1. The first kappa shape index (κ1) is 17.1. The number of anilines is 1. The van der Waals surface area contributed by atoms with Gasteiger partial charge < -0.3 is 20.5 Å². The molecule has 0 aliphatic carbocycles. The van der Waals surface area contributed by atoms with Crippen molar-refractivity contribution >= 4 is 22.8 Å². The number of amides is 1. The number of carbonyl (C=O) groups is 1. The number of nitrogens with two attached hydrogens (primary N) is 1. The van der Waals surface area contributed by atoms with Crippen LogP contribution in [0.4, 0.5) is 10.6 Å². The number of phenols is 1. The van der Waals surface area contributed by atoms with E-state index < -0.39 is 6.09 Å². The van der Waals surface area contributed by atoms with Gasteiger partial charge in [0.15, 0.2) is 5.82 Å². The Labute approximate surface area is 156 Å². The second kappa shape index (κ2) is 6.75. The Morgan fingerprint density at radius 2 is 2.07 bits per heavy atom. The molecule has 1 aliphatic rings. The molecule has 1 aromatic heterocycles. The molecule has 4 rings (SSSR count). The minimum atomic E-state index is -0.764. The number of rotatable bonds is 3. The number of hydrogen-bond acceptors (Lipinski definition) is 6. The first-order valence-corrected chi connectivity index (χ1v) is 8.79. The lowest BCUT2D eigenvalue weighted by atomic mass is 10.1. The second-order valence-corrected chi connectivity index (χ2v) is 6.70. The Morgan fingerprint density at radius 1 is 1.26 bits per heavy atom. The van der Waals surface area contributed by atoms with Crippen molar-refractivity contribution in [2.45, 2.75) is 19.4 Å². The van der Waals surface area contributed by atoms with E-state index in [-0.39, 0.29) is 11.9 Å². The van der Waals surface area contributed by atoms with E-state index in [9.17, 15) is 9.90 Å². The number of para-hydroxylation sites is 1. The molecule has 1 saturated heterocycles.